The molecule has 2 atom stereocenters. The van der Waals surface area contributed by atoms with Gasteiger partial charge in [0.2, 0.25) is 0 Å². The molecule has 0 bridgehead atoms. The second-order valence-electron chi connectivity index (χ2n) is 6.52. The van der Waals surface area contributed by atoms with E-state index in [0.29, 0.717) is 12.5 Å². The minimum Gasteiger partial charge on any atom is -0.385 e. The van der Waals surface area contributed by atoms with Crippen LogP contribution in [0.4, 0.5) is 4.39 Å². The molecule has 0 amide bonds. The summed E-state index contributed by atoms with van der Waals surface area (Å²) < 4.78 is 19.2. The zero-order valence-electron chi connectivity index (χ0n) is 13.4. The molecule has 114 valence electrons. The molecular formula is C17H28FNO. The maximum absolute atomic E-state index is 14.1. The third-order valence-corrected chi connectivity index (χ3v) is 3.62. The van der Waals surface area contributed by atoms with Crippen molar-refractivity contribution in [3.05, 3.63) is 35.6 Å². The van der Waals surface area contributed by atoms with Gasteiger partial charge in [0.1, 0.15) is 5.82 Å². The first-order valence-electron chi connectivity index (χ1n) is 7.33. The molecule has 0 fully saturated rings. The second-order valence-corrected chi connectivity index (χ2v) is 6.52. The number of ether oxygens (including phenoxy) is 1. The highest BCUT2D eigenvalue weighted by Crippen LogP contribution is 2.29. The van der Waals surface area contributed by atoms with E-state index in [1.165, 1.54) is 0 Å². The molecule has 0 heterocycles. The lowest BCUT2D eigenvalue weighted by Gasteiger charge is -2.29. The van der Waals surface area contributed by atoms with Crippen LogP contribution in [0.2, 0.25) is 0 Å². The van der Waals surface area contributed by atoms with Gasteiger partial charge < -0.3 is 10.1 Å². The summed E-state index contributed by atoms with van der Waals surface area (Å²) in [5, 5.41) is 3.50. The summed E-state index contributed by atoms with van der Waals surface area (Å²) in [5.74, 6) is 0.407. The standard InChI is InChI=1S/C17H28FNO/c1-13(10-11-20-5)15(12-19-17(2,3)4)14-8-6-7-9-16(14)18/h6-9,13,15,19H,10-12H2,1-5H3. The van der Waals surface area contributed by atoms with Gasteiger partial charge in [-0.3, -0.25) is 0 Å². The van der Waals surface area contributed by atoms with E-state index in [4.69, 9.17) is 4.74 Å². The van der Waals surface area contributed by atoms with Gasteiger partial charge in [-0.1, -0.05) is 25.1 Å². The molecule has 1 rings (SSSR count). The molecule has 2 nitrogen and oxygen atoms in total. The lowest BCUT2D eigenvalue weighted by Crippen LogP contribution is -2.40. The number of hydrogen-bond acceptors (Lipinski definition) is 2. The van der Waals surface area contributed by atoms with Crippen molar-refractivity contribution in [1.82, 2.24) is 5.32 Å². The predicted molar refractivity (Wildman–Crippen MR) is 82.6 cm³/mol. The van der Waals surface area contributed by atoms with Crippen LogP contribution in [-0.4, -0.2) is 25.8 Å². The maximum atomic E-state index is 14.1. The highest BCUT2D eigenvalue weighted by atomic mass is 19.1. The Morgan fingerprint density at radius 2 is 1.90 bits per heavy atom. The third kappa shape index (κ3) is 5.59. The summed E-state index contributed by atoms with van der Waals surface area (Å²) in [6.45, 7) is 10.0. The minimum absolute atomic E-state index is 0.0322. The minimum atomic E-state index is -0.113. The summed E-state index contributed by atoms with van der Waals surface area (Å²) in [6.07, 6.45) is 0.932. The van der Waals surface area contributed by atoms with Crippen molar-refractivity contribution in [2.75, 3.05) is 20.3 Å². The van der Waals surface area contributed by atoms with E-state index in [1.807, 2.05) is 12.1 Å². The molecule has 0 aliphatic rings. The second kappa shape index (κ2) is 7.75. The fourth-order valence-electron chi connectivity index (χ4n) is 2.31. The summed E-state index contributed by atoms with van der Waals surface area (Å²) in [4.78, 5) is 0. The van der Waals surface area contributed by atoms with Gasteiger partial charge >= 0.3 is 0 Å². The molecule has 0 radical (unpaired) electrons. The molecule has 0 aromatic heterocycles. The van der Waals surface area contributed by atoms with Crippen molar-refractivity contribution in [1.29, 1.82) is 0 Å². The molecule has 1 aromatic rings. The van der Waals surface area contributed by atoms with Crippen LogP contribution in [0, 0.1) is 11.7 Å². The fraction of sp³-hybridized carbons (Fsp3) is 0.647. The van der Waals surface area contributed by atoms with Crippen LogP contribution in [-0.2, 0) is 4.74 Å². The van der Waals surface area contributed by atoms with E-state index < -0.39 is 0 Å². The van der Waals surface area contributed by atoms with Crippen molar-refractivity contribution in [2.24, 2.45) is 5.92 Å². The number of methoxy groups -OCH3 is 1. The number of rotatable bonds is 7. The van der Waals surface area contributed by atoms with Crippen molar-refractivity contribution in [2.45, 2.75) is 45.6 Å². The Labute approximate surface area is 122 Å². The van der Waals surface area contributed by atoms with Crippen LogP contribution in [0.15, 0.2) is 24.3 Å². The van der Waals surface area contributed by atoms with E-state index >= 15 is 0 Å². The first-order valence-corrected chi connectivity index (χ1v) is 7.33. The molecule has 0 saturated heterocycles. The smallest absolute Gasteiger partial charge is 0.126 e. The SMILES string of the molecule is COCCC(C)C(CNC(C)(C)C)c1ccccc1F. The molecule has 1 aromatic carbocycles. The van der Waals surface area contributed by atoms with Gasteiger partial charge in [0.15, 0.2) is 0 Å². The van der Waals surface area contributed by atoms with Gasteiger partial charge in [-0.05, 0) is 44.7 Å². The van der Waals surface area contributed by atoms with Crippen molar-refractivity contribution in [3.8, 4) is 0 Å². The molecule has 0 aliphatic heterocycles. The Kier molecular flexibility index (Phi) is 6.63. The first-order chi connectivity index (χ1) is 9.35. The lowest BCUT2D eigenvalue weighted by atomic mass is 9.84. The highest BCUT2D eigenvalue weighted by molar-refractivity contribution is 5.23. The Hall–Kier alpha value is -0.930. The van der Waals surface area contributed by atoms with Gasteiger partial charge in [-0.2, -0.15) is 0 Å². The van der Waals surface area contributed by atoms with E-state index in [-0.39, 0.29) is 17.3 Å². The van der Waals surface area contributed by atoms with Crippen LogP contribution >= 0.6 is 0 Å². The Morgan fingerprint density at radius 1 is 1.25 bits per heavy atom. The number of nitrogens with one attached hydrogen (secondary N) is 1. The number of benzene rings is 1. The summed E-state index contributed by atoms with van der Waals surface area (Å²) >= 11 is 0. The Bertz CT molecular complexity index is 400. The van der Waals surface area contributed by atoms with E-state index in [9.17, 15) is 4.39 Å². The molecule has 20 heavy (non-hydrogen) atoms. The number of halogens is 1. The largest absolute Gasteiger partial charge is 0.385 e. The van der Waals surface area contributed by atoms with Gasteiger partial charge in [0, 0.05) is 31.7 Å². The predicted octanol–water partition coefficient (Wildman–Crippen LogP) is 3.97. The molecule has 1 N–H and O–H groups in total. The van der Waals surface area contributed by atoms with Crippen molar-refractivity contribution < 1.29 is 9.13 Å². The molecule has 2 unspecified atom stereocenters. The third-order valence-electron chi connectivity index (χ3n) is 3.62. The highest BCUT2D eigenvalue weighted by Gasteiger charge is 2.23. The lowest BCUT2D eigenvalue weighted by molar-refractivity contribution is 0.172. The average molecular weight is 281 g/mol. The van der Waals surface area contributed by atoms with Gasteiger partial charge in [-0.15, -0.1) is 0 Å². The maximum Gasteiger partial charge on any atom is 0.126 e. The zero-order valence-corrected chi connectivity index (χ0v) is 13.4. The first kappa shape index (κ1) is 17.1. The van der Waals surface area contributed by atoms with E-state index in [2.05, 4.69) is 33.0 Å². The van der Waals surface area contributed by atoms with E-state index in [0.717, 1.165) is 18.5 Å². The van der Waals surface area contributed by atoms with Crippen LogP contribution in [0.1, 0.15) is 45.6 Å². The monoisotopic (exact) mass is 281 g/mol. The molecule has 0 spiro atoms. The topological polar surface area (TPSA) is 21.3 Å². The van der Waals surface area contributed by atoms with E-state index in [1.54, 1.807) is 19.2 Å². The van der Waals surface area contributed by atoms with Crippen LogP contribution in [0.25, 0.3) is 0 Å². The van der Waals surface area contributed by atoms with Crippen LogP contribution in [0.5, 0.6) is 0 Å². The number of hydrogen-bond donors (Lipinski definition) is 1. The Balaban J connectivity index is 2.86. The molecular weight excluding hydrogens is 253 g/mol. The van der Waals surface area contributed by atoms with Crippen molar-refractivity contribution in [3.63, 3.8) is 0 Å². The normalized spacial score (nSPS) is 15.1. The Morgan fingerprint density at radius 3 is 2.45 bits per heavy atom. The van der Waals surface area contributed by atoms with Crippen molar-refractivity contribution >= 4 is 0 Å². The average Bonchev–Trinajstić information content (AvgIpc) is 2.37. The molecule has 3 heteroatoms. The molecule has 0 aliphatic carbocycles. The molecule has 0 saturated carbocycles. The summed E-state index contributed by atoms with van der Waals surface area (Å²) in [6, 6.07) is 7.09. The zero-order chi connectivity index (χ0) is 15.2. The quantitative estimate of drug-likeness (QED) is 0.816. The van der Waals surface area contributed by atoms with Crippen LogP contribution < -0.4 is 5.32 Å². The van der Waals surface area contributed by atoms with Gasteiger partial charge in [-0.25, -0.2) is 4.39 Å². The summed E-state index contributed by atoms with van der Waals surface area (Å²) in [7, 11) is 1.71. The fourth-order valence-corrected chi connectivity index (χ4v) is 2.31. The van der Waals surface area contributed by atoms with Gasteiger partial charge in [0.05, 0.1) is 0 Å². The van der Waals surface area contributed by atoms with Crippen LogP contribution in [0.3, 0.4) is 0 Å². The summed E-state index contributed by atoms with van der Waals surface area (Å²) in [5.41, 5.74) is 0.831. The van der Waals surface area contributed by atoms with Gasteiger partial charge in [0.25, 0.3) is 0 Å².